The van der Waals surface area contributed by atoms with Gasteiger partial charge in [0, 0.05) is 29.3 Å². The van der Waals surface area contributed by atoms with Gasteiger partial charge in [0.25, 0.3) is 0 Å². The van der Waals surface area contributed by atoms with Crippen LogP contribution < -0.4 is 0 Å². The first-order valence-electron chi connectivity index (χ1n) is 12.0. The van der Waals surface area contributed by atoms with E-state index in [1.807, 2.05) is 39.0 Å². The van der Waals surface area contributed by atoms with Gasteiger partial charge in [-0.25, -0.2) is 0 Å². The third-order valence-corrected chi connectivity index (χ3v) is 6.72. The average molecular weight is 444 g/mol. The third-order valence-electron chi connectivity index (χ3n) is 6.72. The number of aryl methyl sites for hydroxylation is 1. The van der Waals surface area contributed by atoms with Crippen LogP contribution in [-0.2, 0) is 20.7 Å². The van der Waals surface area contributed by atoms with Crippen LogP contribution in [0.4, 0.5) is 0 Å². The summed E-state index contributed by atoms with van der Waals surface area (Å²) >= 11 is 0. The van der Waals surface area contributed by atoms with Gasteiger partial charge in [-0.1, -0.05) is 75.4 Å². The van der Waals surface area contributed by atoms with Crippen molar-refractivity contribution in [2.75, 3.05) is 6.61 Å². The summed E-state index contributed by atoms with van der Waals surface area (Å²) in [6.45, 7) is 8.42. The fraction of sp³-hybridized carbons (Fsp3) is 0.414. The lowest BCUT2D eigenvalue weighted by Gasteiger charge is -2.36. The Morgan fingerprint density at radius 1 is 1.03 bits per heavy atom. The quantitative estimate of drug-likeness (QED) is 0.513. The maximum absolute atomic E-state index is 13.6. The van der Waals surface area contributed by atoms with E-state index < -0.39 is 5.92 Å². The van der Waals surface area contributed by atoms with Crippen molar-refractivity contribution in [3.05, 3.63) is 82.6 Å². The number of esters is 1. The topological polar surface area (TPSA) is 55.7 Å². The summed E-state index contributed by atoms with van der Waals surface area (Å²) in [4.78, 5) is 31.7. The minimum Gasteiger partial charge on any atom is -0.465 e. The molecule has 0 spiro atoms. The van der Waals surface area contributed by atoms with E-state index in [4.69, 9.17) is 9.73 Å². The number of carbonyl (C=O) groups excluding carboxylic acids is 2. The number of hydrogen-bond acceptors (Lipinski definition) is 4. The van der Waals surface area contributed by atoms with Crippen LogP contribution in [0.15, 0.2) is 70.9 Å². The predicted molar refractivity (Wildman–Crippen MR) is 131 cm³/mol. The van der Waals surface area contributed by atoms with Crippen LogP contribution >= 0.6 is 0 Å². The highest BCUT2D eigenvalue weighted by molar-refractivity contribution is 6.09. The zero-order chi connectivity index (χ0) is 23.5. The number of carbonyl (C=O) groups is 2. The van der Waals surface area contributed by atoms with Crippen molar-refractivity contribution in [1.29, 1.82) is 0 Å². The summed E-state index contributed by atoms with van der Waals surface area (Å²) in [7, 11) is 0. The molecule has 0 bridgehead atoms. The number of hydrogen-bond donors (Lipinski definition) is 0. The van der Waals surface area contributed by atoms with Gasteiger partial charge >= 0.3 is 5.97 Å². The Bertz CT molecular complexity index is 1080. The second kappa shape index (κ2) is 9.86. The largest absolute Gasteiger partial charge is 0.465 e. The second-order valence-corrected chi connectivity index (χ2v) is 9.63. The zero-order valence-corrected chi connectivity index (χ0v) is 20.0. The third kappa shape index (κ3) is 4.85. The van der Waals surface area contributed by atoms with Gasteiger partial charge < -0.3 is 4.74 Å². The molecule has 0 aromatic heterocycles. The number of aliphatic imine (C=N–C) groups is 1. The lowest BCUT2D eigenvalue weighted by Crippen LogP contribution is -2.38. The number of Topliss-reactive ketones (excluding diaryl/α,β-unsaturated/α-hetero) is 1. The molecule has 4 rings (SSSR count). The number of allylic oxidation sites excluding steroid dienone is 2. The maximum Gasteiger partial charge on any atom is 0.315 e. The summed E-state index contributed by atoms with van der Waals surface area (Å²) < 4.78 is 5.66. The normalized spacial score (nSPS) is 22.8. The van der Waals surface area contributed by atoms with Gasteiger partial charge in [0.2, 0.25) is 0 Å². The monoisotopic (exact) mass is 443 g/mol. The number of benzene rings is 2. The minimum atomic E-state index is -0.577. The van der Waals surface area contributed by atoms with Gasteiger partial charge in [-0.15, -0.1) is 0 Å². The van der Waals surface area contributed by atoms with Crippen LogP contribution in [0.25, 0.3) is 0 Å². The van der Waals surface area contributed by atoms with Crippen molar-refractivity contribution in [2.45, 2.75) is 58.8 Å². The van der Waals surface area contributed by atoms with Gasteiger partial charge in [-0.3, -0.25) is 14.6 Å². The molecule has 0 saturated carbocycles. The molecule has 2 aliphatic rings. The molecule has 4 heteroatoms. The van der Waals surface area contributed by atoms with E-state index in [1.54, 1.807) is 0 Å². The minimum absolute atomic E-state index is 0.0904. The molecule has 1 aliphatic carbocycles. The lowest BCUT2D eigenvalue weighted by atomic mass is 9.69. The fourth-order valence-electron chi connectivity index (χ4n) is 4.99. The number of ether oxygens (including phenoxy) is 1. The molecule has 2 aromatic rings. The van der Waals surface area contributed by atoms with Crippen molar-refractivity contribution in [3.63, 3.8) is 0 Å². The first kappa shape index (κ1) is 23.2. The molecule has 1 aliphatic heterocycles. The van der Waals surface area contributed by atoms with Gasteiger partial charge in [0.05, 0.1) is 6.61 Å². The standard InChI is InChI=1S/C29H33NO3/c1-5-20-11-13-22(14-12-20)27-26(29(32)33-17-18(2)3)19(4)30-24-15-23(16-25(31)28(24)27)21-9-7-6-8-10-21/h6-14,18,23,26-27H,5,15-17H2,1-4H3. The van der Waals surface area contributed by atoms with Gasteiger partial charge in [0.15, 0.2) is 5.78 Å². The van der Waals surface area contributed by atoms with Gasteiger partial charge in [-0.2, -0.15) is 0 Å². The Kier molecular flexibility index (Phi) is 6.92. The molecule has 0 fully saturated rings. The van der Waals surface area contributed by atoms with Crippen molar-refractivity contribution in [3.8, 4) is 0 Å². The first-order chi connectivity index (χ1) is 15.9. The van der Waals surface area contributed by atoms with Gasteiger partial charge in [-0.05, 0) is 48.3 Å². The van der Waals surface area contributed by atoms with E-state index in [-0.39, 0.29) is 29.5 Å². The molecule has 0 radical (unpaired) electrons. The molecule has 0 saturated heterocycles. The highest BCUT2D eigenvalue weighted by atomic mass is 16.5. The molecule has 0 N–H and O–H groups in total. The molecule has 172 valence electrons. The average Bonchev–Trinajstić information content (AvgIpc) is 2.82. The zero-order valence-electron chi connectivity index (χ0n) is 20.0. The van der Waals surface area contributed by atoms with Crippen LogP contribution in [0.2, 0.25) is 0 Å². The number of rotatable bonds is 6. The van der Waals surface area contributed by atoms with E-state index in [1.165, 1.54) is 5.56 Å². The molecule has 2 aromatic carbocycles. The van der Waals surface area contributed by atoms with E-state index in [9.17, 15) is 9.59 Å². The van der Waals surface area contributed by atoms with Crippen molar-refractivity contribution < 1.29 is 14.3 Å². The summed E-state index contributed by atoms with van der Waals surface area (Å²) in [5.74, 6) is -0.775. The molecule has 0 amide bonds. The van der Waals surface area contributed by atoms with Crippen LogP contribution in [0.3, 0.4) is 0 Å². The molecule has 33 heavy (non-hydrogen) atoms. The van der Waals surface area contributed by atoms with Crippen molar-refractivity contribution in [2.24, 2.45) is 16.8 Å². The van der Waals surface area contributed by atoms with Gasteiger partial charge in [0.1, 0.15) is 5.92 Å². The van der Waals surface area contributed by atoms with E-state index in [0.717, 1.165) is 29.0 Å². The van der Waals surface area contributed by atoms with Crippen molar-refractivity contribution in [1.82, 2.24) is 0 Å². The highest BCUT2D eigenvalue weighted by Gasteiger charge is 2.44. The molecule has 4 nitrogen and oxygen atoms in total. The summed E-state index contributed by atoms with van der Waals surface area (Å²) in [5, 5.41) is 0. The predicted octanol–water partition coefficient (Wildman–Crippen LogP) is 6.02. The van der Waals surface area contributed by atoms with Crippen LogP contribution in [0.1, 0.15) is 69.1 Å². The number of nitrogens with zero attached hydrogens (tertiary/aromatic N) is 1. The van der Waals surface area contributed by atoms with Crippen LogP contribution in [-0.4, -0.2) is 24.1 Å². The molecular formula is C29H33NO3. The smallest absolute Gasteiger partial charge is 0.315 e. The molecular weight excluding hydrogens is 410 g/mol. The SMILES string of the molecule is CCc1ccc(C2C3=C(CC(c4ccccc4)CC3=O)N=C(C)C2C(=O)OCC(C)C)cc1. The Morgan fingerprint density at radius 3 is 2.36 bits per heavy atom. The summed E-state index contributed by atoms with van der Waals surface area (Å²) in [6.07, 6.45) is 2.09. The Morgan fingerprint density at radius 2 is 1.73 bits per heavy atom. The van der Waals surface area contributed by atoms with E-state index in [0.29, 0.717) is 25.0 Å². The van der Waals surface area contributed by atoms with E-state index in [2.05, 4.69) is 43.3 Å². The maximum atomic E-state index is 13.6. The second-order valence-electron chi connectivity index (χ2n) is 9.63. The fourth-order valence-corrected chi connectivity index (χ4v) is 4.99. The van der Waals surface area contributed by atoms with Crippen LogP contribution in [0.5, 0.6) is 0 Å². The summed E-state index contributed by atoms with van der Waals surface area (Å²) in [6, 6.07) is 18.5. The molecule has 3 unspecified atom stereocenters. The Hall–Kier alpha value is -3.01. The number of ketones is 1. The van der Waals surface area contributed by atoms with Crippen LogP contribution in [0, 0.1) is 11.8 Å². The Balaban J connectivity index is 1.76. The molecule has 3 atom stereocenters. The van der Waals surface area contributed by atoms with E-state index >= 15 is 0 Å². The van der Waals surface area contributed by atoms with Crippen molar-refractivity contribution >= 4 is 17.5 Å². The Labute approximate surface area is 196 Å². The lowest BCUT2D eigenvalue weighted by molar-refractivity contribution is -0.147. The molecule has 1 heterocycles. The highest BCUT2D eigenvalue weighted by Crippen LogP contribution is 2.46. The first-order valence-corrected chi connectivity index (χ1v) is 12.0. The summed E-state index contributed by atoms with van der Waals surface area (Å²) in [5.41, 5.74) is 5.62.